The van der Waals surface area contributed by atoms with Gasteiger partial charge in [0.15, 0.2) is 0 Å². The van der Waals surface area contributed by atoms with E-state index in [2.05, 4.69) is 32.1 Å². The van der Waals surface area contributed by atoms with Crippen LogP contribution < -0.4 is 0 Å². The molecule has 0 bridgehead atoms. The van der Waals surface area contributed by atoms with E-state index in [1.165, 1.54) is 43.6 Å². The van der Waals surface area contributed by atoms with Crippen molar-refractivity contribution in [3.05, 3.63) is 29.7 Å². The van der Waals surface area contributed by atoms with Crippen LogP contribution in [0.25, 0.3) is 0 Å². The molecule has 0 N–H and O–H groups in total. The van der Waals surface area contributed by atoms with Crippen molar-refractivity contribution in [2.45, 2.75) is 46.0 Å². The molecule has 0 saturated heterocycles. The summed E-state index contributed by atoms with van der Waals surface area (Å²) in [5.74, 6) is 1.40. The van der Waals surface area contributed by atoms with Crippen molar-refractivity contribution in [2.75, 3.05) is 0 Å². The molecule has 0 saturated carbocycles. The van der Waals surface area contributed by atoms with E-state index in [4.69, 9.17) is 17.0 Å². The van der Waals surface area contributed by atoms with E-state index in [0.717, 1.165) is 0 Å². The van der Waals surface area contributed by atoms with Gasteiger partial charge in [0.25, 0.3) is 0 Å². The van der Waals surface area contributed by atoms with E-state index in [1.807, 2.05) is 0 Å². The summed E-state index contributed by atoms with van der Waals surface area (Å²) < 4.78 is 0. The third kappa shape index (κ3) is 9.85. The summed E-state index contributed by atoms with van der Waals surface area (Å²) in [6.45, 7) is 4.42. The molecule has 1 aliphatic rings. The monoisotopic (exact) mass is 323 g/mol. The van der Waals surface area contributed by atoms with Gasteiger partial charge in [-0.3, -0.25) is 0 Å². The zero-order valence-electron chi connectivity index (χ0n) is 9.52. The van der Waals surface area contributed by atoms with Crippen molar-refractivity contribution in [1.82, 2.24) is 0 Å². The van der Waals surface area contributed by atoms with Crippen LogP contribution in [0, 0.1) is 5.92 Å². The number of halogens is 2. The Balaban J connectivity index is 0.000000583. The van der Waals surface area contributed by atoms with E-state index in [-0.39, 0.29) is 0 Å². The van der Waals surface area contributed by atoms with Gasteiger partial charge in [-0.1, -0.05) is 56.9 Å². The predicted octanol–water partition coefficient (Wildman–Crippen LogP) is 5.42. The maximum atomic E-state index is 4.93. The zero-order chi connectivity index (χ0) is 11.5. The Kier molecular flexibility index (Phi) is 12.1. The Bertz CT molecular complexity index is 200. The number of hydrogen-bond acceptors (Lipinski definition) is 0. The molecule has 0 aromatic heterocycles. The first-order valence-electron chi connectivity index (χ1n) is 5.43. The molecule has 0 fully saturated rings. The molecule has 0 aliphatic heterocycles. The number of unbranched alkanes of at least 4 members (excludes halogenated alkanes) is 3. The third-order valence-corrected chi connectivity index (χ3v) is 2.29. The first kappa shape index (κ1) is 15.9. The Morgan fingerprint density at radius 3 is 2.27 bits per heavy atom. The predicted molar refractivity (Wildman–Crippen MR) is 66.6 cm³/mol. The summed E-state index contributed by atoms with van der Waals surface area (Å²) in [4.78, 5) is 0. The summed E-state index contributed by atoms with van der Waals surface area (Å²) >= 11 is -0.826. The molecule has 15 heavy (non-hydrogen) atoms. The molecule has 0 heterocycles. The molecule has 1 rings (SSSR count). The molecule has 1 aliphatic carbocycles. The molecule has 0 spiro atoms. The molecular formula is C12H19Cl2Zr. The standard InChI is InChI=1S/C12H19.2ClH.Zr/c1-3-4-5-6-7-12-9-8-11(2)10-12;;;/h8-10H,3-7H2,1-2H3;2*1H;/q;;;+2/p-2. The minimum absolute atomic E-state index is 0.826. The van der Waals surface area contributed by atoms with Crippen LogP contribution in [0.5, 0.6) is 0 Å². The molecule has 85 valence electrons. The summed E-state index contributed by atoms with van der Waals surface area (Å²) in [6.07, 6.45) is 13.5. The molecule has 0 atom stereocenters. The third-order valence-electron chi connectivity index (χ3n) is 2.29. The average Bonchev–Trinajstić information content (AvgIpc) is 2.60. The van der Waals surface area contributed by atoms with Crippen LogP contribution in [0.15, 0.2) is 23.8 Å². The van der Waals surface area contributed by atoms with Crippen molar-refractivity contribution in [3.8, 4) is 0 Å². The normalized spacial score (nSPS) is 14.5. The van der Waals surface area contributed by atoms with Crippen LogP contribution in [-0.2, 0) is 20.8 Å². The maximum absolute atomic E-state index is 4.93. The van der Waals surface area contributed by atoms with Crippen LogP contribution >= 0.6 is 17.0 Å². The van der Waals surface area contributed by atoms with Crippen molar-refractivity contribution in [1.29, 1.82) is 0 Å². The van der Waals surface area contributed by atoms with Gasteiger partial charge >= 0.3 is 37.9 Å². The van der Waals surface area contributed by atoms with E-state index in [0.29, 0.717) is 0 Å². The molecule has 0 aromatic rings. The fraction of sp³-hybridized carbons (Fsp3) is 0.583. The summed E-state index contributed by atoms with van der Waals surface area (Å²) in [5, 5.41) is 0. The van der Waals surface area contributed by atoms with Crippen LogP contribution in [0.4, 0.5) is 0 Å². The van der Waals surface area contributed by atoms with Gasteiger partial charge in [0.05, 0.1) is 0 Å². The van der Waals surface area contributed by atoms with Crippen LogP contribution in [0.1, 0.15) is 46.0 Å². The summed E-state index contributed by atoms with van der Waals surface area (Å²) in [7, 11) is 9.87. The fourth-order valence-corrected chi connectivity index (χ4v) is 1.54. The van der Waals surface area contributed by atoms with Gasteiger partial charge in [0.1, 0.15) is 0 Å². The van der Waals surface area contributed by atoms with Crippen molar-refractivity contribution >= 4 is 17.0 Å². The minimum atomic E-state index is -0.826. The summed E-state index contributed by atoms with van der Waals surface area (Å²) in [5.41, 5.74) is 1.52. The first-order chi connectivity index (χ1) is 7.24. The Morgan fingerprint density at radius 2 is 1.80 bits per heavy atom. The number of hydrogen-bond donors (Lipinski definition) is 0. The fourth-order valence-electron chi connectivity index (χ4n) is 1.54. The molecular weight excluding hydrogens is 306 g/mol. The second-order valence-electron chi connectivity index (χ2n) is 3.68. The van der Waals surface area contributed by atoms with Gasteiger partial charge in [-0.25, -0.2) is 0 Å². The van der Waals surface area contributed by atoms with Gasteiger partial charge in [0, 0.05) is 5.92 Å². The molecule has 0 aromatic carbocycles. The summed E-state index contributed by atoms with van der Waals surface area (Å²) in [6, 6.07) is 0. The van der Waals surface area contributed by atoms with Crippen molar-refractivity contribution < 1.29 is 20.8 Å². The van der Waals surface area contributed by atoms with Crippen LogP contribution in [0.2, 0.25) is 0 Å². The van der Waals surface area contributed by atoms with E-state index < -0.39 is 20.8 Å². The second kappa shape index (κ2) is 11.4. The Labute approximate surface area is 113 Å². The molecule has 0 amide bonds. The van der Waals surface area contributed by atoms with Gasteiger partial charge in [-0.05, 0) is 12.8 Å². The quantitative estimate of drug-likeness (QED) is 0.592. The van der Waals surface area contributed by atoms with Gasteiger partial charge in [0.2, 0.25) is 0 Å². The molecule has 1 radical (unpaired) electrons. The zero-order valence-corrected chi connectivity index (χ0v) is 13.5. The van der Waals surface area contributed by atoms with Crippen LogP contribution in [-0.4, -0.2) is 0 Å². The van der Waals surface area contributed by atoms with Crippen LogP contribution in [0.3, 0.4) is 0 Å². The first-order valence-corrected chi connectivity index (χ1v) is 11.8. The van der Waals surface area contributed by atoms with Gasteiger partial charge < -0.3 is 0 Å². The topological polar surface area (TPSA) is 0 Å². The Hall–Kier alpha value is 0.943. The van der Waals surface area contributed by atoms with Crippen molar-refractivity contribution in [3.63, 3.8) is 0 Å². The van der Waals surface area contributed by atoms with Gasteiger partial charge in [-0.15, -0.1) is 0 Å². The van der Waals surface area contributed by atoms with Gasteiger partial charge in [-0.2, -0.15) is 0 Å². The van der Waals surface area contributed by atoms with E-state index >= 15 is 0 Å². The molecule has 0 unspecified atom stereocenters. The molecule has 0 nitrogen and oxygen atoms in total. The van der Waals surface area contributed by atoms with E-state index in [1.54, 1.807) is 0 Å². The number of rotatable bonds is 5. The average molecular weight is 325 g/mol. The second-order valence-corrected chi connectivity index (χ2v) is 7.41. The molecule has 3 heteroatoms. The van der Waals surface area contributed by atoms with E-state index in [9.17, 15) is 0 Å². The number of allylic oxidation sites excluding steroid dienone is 4. The SMILES string of the molecule is CCCCCCC1=C[C](C)C=C1.[Cl][Zr][Cl]. The van der Waals surface area contributed by atoms with Crippen molar-refractivity contribution in [2.24, 2.45) is 0 Å². The Morgan fingerprint density at radius 1 is 1.13 bits per heavy atom.